The van der Waals surface area contributed by atoms with Crippen molar-refractivity contribution in [3.8, 4) is 0 Å². The number of aryl methyl sites for hydroxylation is 2. The second kappa shape index (κ2) is 2.85. The van der Waals surface area contributed by atoms with Gasteiger partial charge in [-0.3, -0.25) is 0 Å². The fourth-order valence-electron chi connectivity index (χ4n) is 1.19. The maximum atomic E-state index is 12.2. The van der Waals surface area contributed by atoms with Gasteiger partial charge in [-0.2, -0.15) is 0 Å². The Hall–Kier alpha value is -0.925. The van der Waals surface area contributed by atoms with Gasteiger partial charge in [0.15, 0.2) is 0 Å². The summed E-state index contributed by atoms with van der Waals surface area (Å²) < 4.78 is 36.7. The van der Waals surface area contributed by atoms with Crippen LogP contribution in [0.15, 0.2) is 18.2 Å². The summed E-state index contributed by atoms with van der Waals surface area (Å²) in [7, 11) is 0. The molecule has 0 saturated heterocycles. The predicted octanol–water partition coefficient (Wildman–Crippen LogP) is 2.36. The largest absolute Gasteiger partial charge is 0.509 e. The molecular formula is C8H9BF3-. The summed E-state index contributed by atoms with van der Waals surface area (Å²) in [4.78, 5) is 0. The Morgan fingerprint density at radius 1 is 1.08 bits per heavy atom. The number of hydrogen-bond acceptors (Lipinski definition) is 0. The normalized spacial score (nSPS) is 11.8. The van der Waals surface area contributed by atoms with E-state index in [9.17, 15) is 12.9 Å². The van der Waals surface area contributed by atoms with Crippen LogP contribution in [0.2, 0.25) is 0 Å². The molecule has 12 heavy (non-hydrogen) atoms. The van der Waals surface area contributed by atoms with Crippen molar-refractivity contribution in [3.63, 3.8) is 0 Å². The first-order chi connectivity index (χ1) is 5.41. The van der Waals surface area contributed by atoms with Crippen LogP contribution in [0.4, 0.5) is 12.9 Å². The topological polar surface area (TPSA) is 0 Å². The second-order valence-electron chi connectivity index (χ2n) is 2.93. The van der Waals surface area contributed by atoms with Gasteiger partial charge in [0.05, 0.1) is 0 Å². The quantitative estimate of drug-likeness (QED) is 0.571. The Bertz CT molecular complexity index is 291. The highest BCUT2D eigenvalue weighted by molar-refractivity contribution is 6.74. The molecule has 1 aromatic rings. The van der Waals surface area contributed by atoms with Crippen molar-refractivity contribution in [2.24, 2.45) is 0 Å². The Morgan fingerprint density at radius 2 is 1.67 bits per heavy atom. The van der Waals surface area contributed by atoms with Crippen LogP contribution in [-0.2, 0) is 0 Å². The first-order valence-corrected chi connectivity index (χ1v) is 3.68. The van der Waals surface area contributed by atoms with Crippen molar-refractivity contribution in [2.75, 3.05) is 0 Å². The van der Waals surface area contributed by atoms with Crippen molar-refractivity contribution in [1.29, 1.82) is 0 Å². The standard InChI is InChI=1S/C8H9BF3/c1-6-3-4-8(7(2)5-6)9(10,11)12/h3-5H,1-2H3/q-1. The van der Waals surface area contributed by atoms with E-state index in [4.69, 9.17) is 0 Å². The Kier molecular flexibility index (Phi) is 2.17. The summed E-state index contributed by atoms with van der Waals surface area (Å²) in [5.74, 6) is 0. The zero-order valence-electron chi connectivity index (χ0n) is 6.94. The molecule has 66 valence electrons. The minimum atomic E-state index is -4.84. The van der Waals surface area contributed by atoms with E-state index in [0.717, 1.165) is 11.6 Å². The van der Waals surface area contributed by atoms with Gasteiger partial charge in [-0.15, -0.1) is 5.46 Å². The fourth-order valence-corrected chi connectivity index (χ4v) is 1.19. The molecule has 0 aliphatic rings. The Labute approximate surface area is 69.5 Å². The highest BCUT2D eigenvalue weighted by atomic mass is 19.4. The molecule has 0 spiro atoms. The van der Waals surface area contributed by atoms with E-state index in [1.165, 1.54) is 13.0 Å². The molecule has 0 aliphatic heterocycles. The molecule has 0 unspecified atom stereocenters. The molecule has 0 atom stereocenters. The zero-order chi connectivity index (χ0) is 9.35. The summed E-state index contributed by atoms with van der Waals surface area (Å²) in [6.07, 6.45) is 0. The third kappa shape index (κ3) is 1.81. The molecule has 0 saturated carbocycles. The first-order valence-electron chi connectivity index (χ1n) is 3.68. The summed E-state index contributed by atoms with van der Waals surface area (Å²) in [6, 6.07) is 4.17. The molecule has 0 aromatic heterocycles. The predicted molar refractivity (Wildman–Crippen MR) is 44.6 cm³/mol. The summed E-state index contributed by atoms with van der Waals surface area (Å²) in [5.41, 5.74) is 0.680. The monoisotopic (exact) mass is 173 g/mol. The third-order valence-electron chi connectivity index (χ3n) is 1.78. The van der Waals surface area contributed by atoms with Gasteiger partial charge >= 0.3 is 6.98 Å². The average molecular weight is 173 g/mol. The SMILES string of the molecule is Cc1ccc([B-](F)(F)F)c(C)c1. The maximum Gasteiger partial charge on any atom is 0.509 e. The van der Waals surface area contributed by atoms with Gasteiger partial charge in [0, 0.05) is 0 Å². The van der Waals surface area contributed by atoms with E-state index in [1.54, 1.807) is 13.0 Å². The van der Waals surface area contributed by atoms with Gasteiger partial charge in [0.1, 0.15) is 0 Å². The van der Waals surface area contributed by atoms with Crippen molar-refractivity contribution in [2.45, 2.75) is 13.8 Å². The molecule has 0 radical (unpaired) electrons. The van der Waals surface area contributed by atoms with Crippen molar-refractivity contribution >= 4 is 12.4 Å². The maximum absolute atomic E-state index is 12.2. The molecule has 4 heteroatoms. The van der Waals surface area contributed by atoms with Crippen LogP contribution in [0.25, 0.3) is 0 Å². The van der Waals surface area contributed by atoms with Crippen LogP contribution in [0.3, 0.4) is 0 Å². The van der Waals surface area contributed by atoms with Crippen LogP contribution >= 0.6 is 0 Å². The van der Waals surface area contributed by atoms with Crippen LogP contribution < -0.4 is 5.46 Å². The van der Waals surface area contributed by atoms with Crippen LogP contribution in [0.5, 0.6) is 0 Å². The molecule has 0 nitrogen and oxygen atoms in total. The molecule has 0 N–H and O–H groups in total. The van der Waals surface area contributed by atoms with E-state index in [1.807, 2.05) is 0 Å². The lowest BCUT2D eigenvalue weighted by Crippen LogP contribution is -2.35. The molecule has 0 fully saturated rings. The second-order valence-corrected chi connectivity index (χ2v) is 2.93. The molecule has 1 rings (SSSR count). The van der Waals surface area contributed by atoms with E-state index < -0.39 is 12.4 Å². The highest BCUT2D eigenvalue weighted by Gasteiger charge is 2.26. The zero-order valence-corrected chi connectivity index (χ0v) is 6.94. The van der Waals surface area contributed by atoms with Crippen molar-refractivity contribution in [1.82, 2.24) is 0 Å². The lowest BCUT2D eigenvalue weighted by atomic mass is 9.77. The number of benzene rings is 1. The van der Waals surface area contributed by atoms with Crippen molar-refractivity contribution < 1.29 is 12.9 Å². The van der Waals surface area contributed by atoms with Gasteiger partial charge in [-0.05, 0) is 13.8 Å². The average Bonchev–Trinajstić information content (AvgIpc) is 1.83. The van der Waals surface area contributed by atoms with Gasteiger partial charge in [-0.25, -0.2) is 0 Å². The summed E-state index contributed by atoms with van der Waals surface area (Å²) in [6.45, 7) is -1.58. The summed E-state index contributed by atoms with van der Waals surface area (Å²) >= 11 is 0. The van der Waals surface area contributed by atoms with E-state index >= 15 is 0 Å². The van der Waals surface area contributed by atoms with Crippen molar-refractivity contribution in [3.05, 3.63) is 29.3 Å². The molecular weight excluding hydrogens is 164 g/mol. The highest BCUT2D eigenvalue weighted by Crippen LogP contribution is 2.12. The van der Waals surface area contributed by atoms with E-state index in [-0.39, 0.29) is 0 Å². The van der Waals surface area contributed by atoms with E-state index in [0.29, 0.717) is 5.56 Å². The lowest BCUT2D eigenvalue weighted by molar-refractivity contribution is 0.500. The molecule has 1 aromatic carbocycles. The smallest absolute Gasteiger partial charge is 0.445 e. The lowest BCUT2D eigenvalue weighted by Gasteiger charge is -2.17. The van der Waals surface area contributed by atoms with Crippen LogP contribution in [-0.4, -0.2) is 6.98 Å². The Morgan fingerprint density at radius 3 is 2.08 bits per heavy atom. The fraction of sp³-hybridized carbons (Fsp3) is 0.250. The van der Waals surface area contributed by atoms with Gasteiger partial charge in [-0.1, -0.05) is 29.3 Å². The molecule has 0 amide bonds. The minimum Gasteiger partial charge on any atom is -0.445 e. The molecule has 0 bridgehead atoms. The van der Waals surface area contributed by atoms with Gasteiger partial charge in [0.2, 0.25) is 0 Å². The van der Waals surface area contributed by atoms with Crippen LogP contribution in [0.1, 0.15) is 11.1 Å². The molecule has 0 heterocycles. The van der Waals surface area contributed by atoms with Crippen LogP contribution in [0, 0.1) is 13.8 Å². The molecule has 0 aliphatic carbocycles. The van der Waals surface area contributed by atoms with Gasteiger partial charge in [0.25, 0.3) is 0 Å². The third-order valence-corrected chi connectivity index (χ3v) is 1.78. The summed E-state index contributed by atoms with van der Waals surface area (Å²) in [5, 5.41) is 0. The van der Waals surface area contributed by atoms with Gasteiger partial charge < -0.3 is 12.9 Å². The number of hydrogen-bond donors (Lipinski definition) is 0. The minimum absolute atomic E-state index is 0.308. The number of rotatable bonds is 1. The first kappa shape index (κ1) is 9.17. The Balaban J connectivity index is 3.19. The number of halogens is 3. The van der Waals surface area contributed by atoms with E-state index in [2.05, 4.69) is 0 Å².